The molecule has 15 heavy (non-hydrogen) atoms. The first-order chi connectivity index (χ1) is 6.93. The molecule has 1 aromatic rings. The van der Waals surface area contributed by atoms with Crippen molar-refractivity contribution < 1.29 is 19.6 Å². The van der Waals surface area contributed by atoms with Gasteiger partial charge >= 0.3 is 5.97 Å². The first-order valence-electron chi connectivity index (χ1n) is 3.65. The number of hydrogen-bond donors (Lipinski definition) is 1. The fraction of sp³-hybridized carbons (Fsp3) is 0. The highest BCUT2D eigenvalue weighted by atomic mass is 35.5. The van der Waals surface area contributed by atoms with Crippen LogP contribution in [0.5, 0.6) is 0 Å². The summed E-state index contributed by atoms with van der Waals surface area (Å²) in [6.07, 6.45) is 0. The molecule has 0 amide bonds. The number of carboxylic acid groups (broad SMARTS) is 1. The minimum absolute atomic E-state index is 0.131. The number of carbonyl (C=O) groups is 2. The second-order valence-electron chi connectivity index (χ2n) is 2.56. The zero-order valence-corrected chi connectivity index (χ0v) is 7.89. The molecular weight excluding hydrogens is 226 g/mol. The molecule has 1 N–H and O–H groups in total. The maximum absolute atomic E-state index is 11.0. The zero-order valence-electron chi connectivity index (χ0n) is 7.14. The lowest BCUT2D eigenvalue weighted by molar-refractivity contribution is -0.384. The number of nitrogens with zero attached hydrogens (tertiary/aromatic N) is 1. The molecule has 0 heterocycles. The van der Waals surface area contributed by atoms with Gasteiger partial charge in [-0.1, -0.05) is 11.6 Å². The summed E-state index contributed by atoms with van der Waals surface area (Å²) in [5, 5.41) is 18.6. The molecule has 0 aromatic heterocycles. The fourth-order valence-corrected chi connectivity index (χ4v) is 1.12. The Morgan fingerprint density at radius 2 is 2.00 bits per heavy atom. The summed E-state index contributed by atoms with van der Waals surface area (Å²) >= 11 is 5.53. The van der Waals surface area contributed by atoms with E-state index < -0.39 is 22.2 Å². The third kappa shape index (κ3) is 2.29. The standard InChI is InChI=1S/C8H4ClNO5/c9-6-2-1-4(10(14)15)3-5(6)7(11)8(12)13/h1-3H,(H,12,13). The average Bonchev–Trinajstić information content (AvgIpc) is 2.16. The Bertz CT molecular complexity index is 456. The number of carboxylic acids is 1. The number of halogens is 1. The van der Waals surface area contributed by atoms with Crippen LogP contribution in [0.25, 0.3) is 0 Å². The lowest BCUT2D eigenvalue weighted by Crippen LogP contribution is -2.13. The van der Waals surface area contributed by atoms with Crippen molar-refractivity contribution in [3.8, 4) is 0 Å². The van der Waals surface area contributed by atoms with E-state index in [-0.39, 0.29) is 10.7 Å². The topological polar surface area (TPSA) is 97.5 Å². The average molecular weight is 230 g/mol. The van der Waals surface area contributed by atoms with Crippen LogP contribution in [-0.2, 0) is 4.79 Å². The molecule has 0 saturated carbocycles. The maximum Gasteiger partial charge on any atom is 0.377 e. The van der Waals surface area contributed by atoms with Crippen LogP contribution >= 0.6 is 11.6 Å². The van der Waals surface area contributed by atoms with E-state index in [9.17, 15) is 19.7 Å². The predicted octanol–water partition coefficient (Wildman–Crippen LogP) is 1.52. The molecule has 0 spiro atoms. The summed E-state index contributed by atoms with van der Waals surface area (Å²) in [6, 6.07) is 3.02. The Hall–Kier alpha value is -1.95. The van der Waals surface area contributed by atoms with Crippen molar-refractivity contribution in [1.82, 2.24) is 0 Å². The first-order valence-corrected chi connectivity index (χ1v) is 4.03. The van der Waals surface area contributed by atoms with Gasteiger partial charge < -0.3 is 5.11 Å². The number of aliphatic carboxylic acids is 1. The number of hydrogen-bond acceptors (Lipinski definition) is 4. The smallest absolute Gasteiger partial charge is 0.377 e. The summed E-state index contributed by atoms with van der Waals surface area (Å²) in [5.41, 5.74) is -0.776. The maximum atomic E-state index is 11.0. The highest BCUT2D eigenvalue weighted by Gasteiger charge is 2.20. The van der Waals surface area contributed by atoms with Gasteiger partial charge in [0.25, 0.3) is 11.5 Å². The molecule has 0 atom stereocenters. The summed E-state index contributed by atoms with van der Waals surface area (Å²) in [7, 11) is 0. The third-order valence-electron chi connectivity index (χ3n) is 1.60. The van der Waals surface area contributed by atoms with Gasteiger partial charge in [-0.15, -0.1) is 0 Å². The lowest BCUT2D eigenvalue weighted by Gasteiger charge is -1.99. The van der Waals surface area contributed by atoms with E-state index in [1.54, 1.807) is 0 Å². The fourth-order valence-electron chi connectivity index (χ4n) is 0.916. The minimum Gasteiger partial charge on any atom is -0.475 e. The van der Waals surface area contributed by atoms with E-state index in [0.29, 0.717) is 0 Å². The summed E-state index contributed by atoms with van der Waals surface area (Å²) < 4.78 is 0. The van der Waals surface area contributed by atoms with E-state index in [0.717, 1.165) is 18.2 Å². The Morgan fingerprint density at radius 3 is 2.47 bits per heavy atom. The van der Waals surface area contributed by atoms with Crippen LogP contribution in [-0.4, -0.2) is 21.8 Å². The Morgan fingerprint density at radius 1 is 1.40 bits per heavy atom. The molecule has 7 heteroatoms. The van der Waals surface area contributed by atoms with Gasteiger partial charge in [-0.3, -0.25) is 14.9 Å². The number of nitro groups is 1. The van der Waals surface area contributed by atoms with Crippen molar-refractivity contribution in [2.75, 3.05) is 0 Å². The largest absolute Gasteiger partial charge is 0.475 e. The Labute approximate surface area is 88.2 Å². The highest BCUT2D eigenvalue weighted by molar-refractivity contribution is 6.45. The Balaban J connectivity index is 3.28. The number of carbonyl (C=O) groups excluding carboxylic acids is 1. The van der Waals surface area contributed by atoms with E-state index >= 15 is 0 Å². The monoisotopic (exact) mass is 229 g/mol. The minimum atomic E-state index is -1.71. The molecule has 0 bridgehead atoms. The van der Waals surface area contributed by atoms with Crippen LogP contribution in [0.1, 0.15) is 10.4 Å². The van der Waals surface area contributed by atoms with Crippen LogP contribution in [0, 0.1) is 10.1 Å². The van der Waals surface area contributed by atoms with E-state index in [2.05, 4.69) is 0 Å². The van der Waals surface area contributed by atoms with Gasteiger partial charge in [0, 0.05) is 12.1 Å². The van der Waals surface area contributed by atoms with Crippen molar-refractivity contribution in [1.29, 1.82) is 0 Å². The van der Waals surface area contributed by atoms with Gasteiger partial charge in [-0.05, 0) is 6.07 Å². The van der Waals surface area contributed by atoms with Crippen LogP contribution < -0.4 is 0 Å². The van der Waals surface area contributed by atoms with Gasteiger partial charge in [-0.25, -0.2) is 4.79 Å². The highest BCUT2D eigenvalue weighted by Crippen LogP contribution is 2.22. The first kappa shape index (κ1) is 11.1. The molecule has 1 rings (SSSR count). The third-order valence-corrected chi connectivity index (χ3v) is 1.93. The van der Waals surface area contributed by atoms with Gasteiger partial charge in [0.05, 0.1) is 15.5 Å². The number of benzene rings is 1. The molecule has 0 aliphatic carbocycles. The van der Waals surface area contributed by atoms with Crippen molar-refractivity contribution in [2.24, 2.45) is 0 Å². The Kier molecular flexibility index (Phi) is 3.01. The molecule has 0 radical (unpaired) electrons. The van der Waals surface area contributed by atoms with Crippen molar-refractivity contribution in [2.45, 2.75) is 0 Å². The predicted molar refractivity (Wildman–Crippen MR) is 50.1 cm³/mol. The molecule has 0 fully saturated rings. The molecule has 0 unspecified atom stereocenters. The van der Waals surface area contributed by atoms with E-state index in [1.807, 2.05) is 0 Å². The number of Topliss-reactive ketones (excluding diaryl/α,β-unsaturated/α-hetero) is 1. The number of rotatable bonds is 3. The zero-order chi connectivity index (χ0) is 11.6. The molecule has 0 aliphatic rings. The number of non-ortho nitro benzene ring substituents is 1. The van der Waals surface area contributed by atoms with Crippen molar-refractivity contribution in [3.05, 3.63) is 38.9 Å². The van der Waals surface area contributed by atoms with Gasteiger partial charge in [-0.2, -0.15) is 0 Å². The second-order valence-corrected chi connectivity index (χ2v) is 2.96. The molecular formula is C8H4ClNO5. The van der Waals surface area contributed by atoms with Crippen LogP contribution in [0.2, 0.25) is 5.02 Å². The van der Waals surface area contributed by atoms with Gasteiger partial charge in [0.2, 0.25) is 0 Å². The quantitative estimate of drug-likeness (QED) is 0.367. The van der Waals surface area contributed by atoms with E-state index in [4.69, 9.17) is 16.7 Å². The van der Waals surface area contributed by atoms with Crippen LogP contribution in [0.4, 0.5) is 5.69 Å². The van der Waals surface area contributed by atoms with E-state index in [1.165, 1.54) is 0 Å². The van der Waals surface area contributed by atoms with Crippen molar-refractivity contribution in [3.63, 3.8) is 0 Å². The SMILES string of the molecule is O=C(O)C(=O)c1cc([N+](=O)[O-])ccc1Cl. The summed E-state index contributed by atoms with van der Waals surface area (Å²) in [5.74, 6) is -2.99. The van der Waals surface area contributed by atoms with Gasteiger partial charge in [0.15, 0.2) is 0 Å². The van der Waals surface area contributed by atoms with Crippen molar-refractivity contribution >= 4 is 29.0 Å². The molecule has 0 aliphatic heterocycles. The second kappa shape index (κ2) is 4.05. The number of nitro benzene ring substituents is 1. The molecule has 1 aromatic carbocycles. The molecule has 78 valence electrons. The van der Waals surface area contributed by atoms with Gasteiger partial charge in [0.1, 0.15) is 0 Å². The summed E-state index contributed by atoms with van der Waals surface area (Å²) in [6.45, 7) is 0. The normalized spacial score (nSPS) is 9.67. The number of ketones is 1. The molecule has 6 nitrogen and oxygen atoms in total. The summed E-state index contributed by atoms with van der Waals surface area (Å²) in [4.78, 5) is 31.0. The van der Waals surface area contributed by atoms with Crippen LogP contribution in [0.15, 0.2) is 18.2 Å². The molecule has 0 saturated heterocycles. The van der Waals surface area contributed by atoms with Crippen LogP contribution in [0.3, 0.4) is 0 Å². The lowest BCUT2D eigenvalue weighted by atomic mass is 10.1.